The highest BCUT2D eigenvalue weighted by atomic mass is 35.5. The van der Waals surface area contributed by atoms with Crippen LogP contribution in [0.4, 0.5) is 11.5 Å². The second-order valence-corrected chi connectivity index (χ2v) is 9.35. The maximum absolute atomic E-state index is 6.47. The van der Waals surface area contributed by atoms with Gasteiger partial charge in [0.15, 0.2) is 0 Å². The molecule has 0 radical (unpaired) electrons. The lowest BCUT2D eigenvalue weighted by atomic mass is 9.94. The van der Waals surface area contributed by atoms with Crippen LogP contribution in [-0.2, 0) is 0 Å². The number of fused-ring (bicyclic) bond motifs is 4. The van der Waals surface area contributed by atoms with Gasteiger partial charge in [0, 0.05) is 42.3 Å². The van der Waals surface area contributed by atoms with Crippen LogP contribution in [0.15, 0.2) is 30.5 Å². The van der Waals surface area contributed by atoms with E-state index in [9.17, 15) is 0 Å². The number of halogens is 1. The van der Waals surface area contributed by atoms with E-state index in [-0.39, 0.29) is 0 Å². The molecule has 0 amide bonds. The van der Waals surface area contributed by atoms with E-state index >= 15 is 0 Å². The van der Waals surface area contributed by atoms with Crippen LogP contribution >= 0.6 is 11.6 Å². The van der Waals surface area contributed by atoms with E-state index < -0.39 is 0 Å². The van der Waals surface area contributed by atoms with Crippen LogP contribution in [0.5, 0.6) is 11.8 Å². The predicted octanol–water partition coefficient (Wildman–Crippen LogP) is 4.49. The maximum Gasteiger partial charge on any atom is 0.326 e. The summed E-state index contributed by atoms with van der Waals surface area (Å²) in [4.78, 5) is 19.8. The summed E-state index contributed by atoms with van der Waals surface area (Å²) in [5.41, 5.74) is 3.53. The van der Waals surface area contributed by atoms with E-state index in [1.54, 1.807) is 6.20 Å². The highest BCUT2D eigenvalue weighted by molar-refractivity contribution is 6.32. The Labute approximate surface area is 196 Å². The van der Waals surface area contributed by atoms with Gasteiger partial charge in [-0.05, 0) is 56.5 Å². The summed E-state index contributed by atoms with van der Waals surface area (Å²) in [6.45, 7) is 4.90. The minimum atomic E-state index is 0.301. The third-order valence-electron chi connectivity index (χ3n) is 6.75. The lowest BCUT2D eigenvalue weighted by molar-refractivity contribution is 0.340. The zero-order valence-electron chi connectivity index (χ0n) is 18.7. The van der Waals surface area contributed by atoms with Crippen LogP contribution in [0.25, 0.3) is 21.9 Å². The van der Waals surface area contributed by atoms with E-state index in [0.717, 1.165) is 58.8 Å². The molecule has 0 spiro atoms. The lowest BCUT2D eigenvalue weighted by Crippen LogP contribution is -2.40. The number of nitrogens with zero attached hydrogens (tertiary/aromatic N) is 4. The number of hydrogen-bond donors (Lipinski definition) is 3. The zero-order chi connectivity index (χ0) is 22.5. The van der Waals surface area contributed by atoms with E-state index in [1.165, 1.54) is 12.8 Å². The summed E-state index contributed by atoms with van der Waals surface area (Å²) in [6, 6.07) is 8.47. The largest absolute Gasteiger partial charge is 0.423 e. The van der Waals surface area contributed by atoms with Crippen molar-refractivity contribution in [3.8, 4) is 11.8 Å². The number of ether oxygens (including phenoxy) is 1. The standard InChI is InChI=1S/C24H26ClN7O/c1-13-5-6-16(10-28-13)33-24-30-22-20(17-8-15(25)9-18(26-2)21(17)29-22)23(31-24)32-11-14-4-3-7-27-19(14)12-32/h5-6,8-10,14,19,26-27H,3-4,7,11-12H2,1-2H3,(H,29,30,31)/t14-,19+/m1/s1. The van der Waals surface area contributed by atoms with Gasteiger partial charge in [-0.15, -0.1) is 0 Å². The fourth-order valence-electron chi connectivity index (χ4n) is 5.14. The first-order valence-electron chi connectivity index (χ1n) is 11.4. The van der Waals surface area contributed by atoms with E-state index in [2.05, 4.69) is 25.5 Å². The Morgan fingerprint density at radius 3 is 2.91 bits per heavy atom. The van der Waals surface area contributed by atoms with Crippen molar-refractivity contribution < 1.29 is 4.74 Å². The van der Waals surface area contributed by atoms with E-state index in [4.69, 9.17) is 26.3 Å². The topological polar surface area (TPSA) is 91.0 Å². The first-order chi connectivity index (χ1) is 16.1. The Hall–Kier alpha value is -3.10. The number of rotatable bonds is 4. The minimum absolute atomic E-state index is 0.301. The van der Waals surface area contributed by atoms with Crippen molar-refractivity contribution >= 4 is 45.0 Å². The van der Waals surface area contributed by atoms with Crippen LogP contribution in [0.2, 0.25) is 5.02 Å². The van der Waals surface area contributed by atoms with Crippen molar-refractivity contribution in [2.24, 2.45) is 5.92 Å². The van der Waals surface area contributed by atoms with Crippen LogP contribution < -0.4 is 20.3 Å². The first-order valence-corrected chi connectivity index (χ1v) is 11.8. The van der Waals surface area contributed by atoms with Crippen molar-refractivity contribution in [3.63, 3.8) is 0 Å². The van der Waals surface area contributed by atoms with Gasteiger partial charge in [0.2, 0.25) is 0 Å². The van der Waals surface area contributed by atoms with Gasteiger partial charge < -0.3 is 25.3 Å². The molecule has 0 saturated carbocycles. The molecule has 2 saturated heterocycles. The summed E-state index contributed by atoms with van der Waals surface area (Å²) in [5, 5.41) is 9.56. The number of pyridine rings is 1. The molecule has 0 bridgehead atoms. The summed E-state index contributed by atoms with van der Waals surface area (Å²) in [7, 11) is 1.89. The third-order valence-corrected chi connectivity index (χ3v) is 6.96. The summed E-state index contributed by atoms with van der Waals surface area (Å²) in [5.74, 6) is 2.11. The van der Waals surface area contributed by atoms with Crippen LogP contribution in [-0.4, -0.2) is 52.7 Å². The molecule has 3 N–H and O–H groups in total. The lowest BCUT2D eigenvalue weighted by Gasteiger charge is -2.24. The summed E-state index contributed by atoms with van der Waals surface area (Å²) < 4.78 is 6.05. The predicted molar refractivity (Wildman–Crippen MR) is 132 cm³/mol. The molecule has 2 aliphatic heterocycles. The van der Waals surface area contributed by atoms with E-state index in [1.807, 2.05) is 38.2 Å². The van der Waals surface area contributed by atoms with Gasteiger partial charge in [-0.1, -0.05) is 11.6 Å². The molecular weight excluding hydrogens is 438 g/mol. The number of hydrogen-bond acceptors (Lipinski definition) is 7. The fourth-order valence-corrected chi connectivity index (χ4v) is 5.35. The minimum Gasteiger partial charge on any atom is -0.423 e. The van der Waals surface area contributed by atoms with Crippen LogP contribution in [0.1, 0.15) is 18.5 Å². The second kappa shape index (κ2) is 8.04. The molecule has 1 aromatic carbocycles. The molecule has 2 atom stereocenters. The van der Waals surface area contributed by atoms with Gasteiger partial charge >= 0.3 is 6.01 Å². The average molecular weight is 464 g/mol. The molecule has 170 valence electrons. The number of anilines is 2. The number of benzene rings is 1. The number of nitrogens with one attached hydrogen (secondary N) is 3. The molecule has 2 aliphatic rings. The van der Waals surface area contributed by atoms with Gasteiger partial charge in [0.05, 0.1) is 22.8 Å². The normalized spacial score (nSPS) is 20.4. The van der Waals surface area contributed by atoms with Gasteiger partial charge in [-0.25, -0.2) is 0 Å². The number of piperidine rings is 1. The smallest absolute Gasteiger partial charge is 0.326 e. The molecule has 4 aromatic rings. The van der Waals surface area contributed by atoms with Gasteiger partial charge in [-0.3, -0.25) is 4.98 Å². The molecule has 0 aliphatic carbocycles. The Balaban J connectivity index is 1.52. The third kappa shape index (κ3) is 3.63. The van der Waals surface area contributed by atoms with Crippen molar-refractivity contribution in [2.45, 2.75) is 25.8 Å². The van der Waals surface area contributed by atoms with Crippen molar-refractivity contribution in [2.75, 3.05) is 36.9 Å². The molecular formula is C24H26ClN7O. The average Bonchev–Trinajstić information content (AvgIpc) is 3.41. The molecule has 5 heterocycles. The quantitative estimate of drug-likeness (QED) is 0.410. The second-order valence-electron chi connectivity index (χ2n) is 8.91. The van der Waals surface area contributed by atoms with Gasteiger partial charge in [0.25, 0.3) is 0 Å². The SMILES string of the molecule is CNc1cc(Cl)cc2c1[nH]c1nc(Oc3ccc(C)nc3)nc(N3C[C@H]4CCCN[C@H]4C3)c12. The Morgan fingerprint density at radius 2 is 2.12 bits per heavy atom. The zero-order valence-corrected chi connectivity index (χ0v) is 19.4. The molecule has 33 heavy (non-hydrogen) atoms. The molecule has 9 heteroatoms. The number of H-pyrrole nitrogens is 1. The number of aryl methyl sites for hydroxylation is 1. The maximum atomic E-state index is 6.47. The molecule has 6 rings (SSSR count). The first kappa shape index (κ1) is 20.5. The Morgan fingerprint density at radius 1 is 1.21 bits per heavy atom. The Bertz CT molecular complexity index is 1320. The molecule has 8 nitrogen and oxygen atoms in total. The number of aromatic nitrogens is 4. The van der Waals surface area contributed by atoms with E-state index in [0.29, 0.717) is 28.7 Å². The number of aromatic amines is 1. The van der Waals surface area contributed by atoms with Crippen molar-refractivity contribution in [1.82, 2.24) is 25.3 Å². The van der Waals surface area contributed by atoms with Crippen molar-refractivity contribution in [1.29, 1.82) is 0 Å². The fraction of sp³-hybridized carbons (Fsp3) is 0.375. The molecule has 2 fully saturated rings. The highest BCUT2D eigenvalue weighted by Crippen LogP contribution is 2.40. The van der Waals surface area contributed by atoms with Gasteiger partial charge in [-0.2, -0.15) is 9.97 Å². The van der Waals surface area contributed by atoms with Gasteiger partial charge in [0.1, 0.15) is 17.2 Å². The monoisotopic (exact) mass is 463 g/mol. The Kier molecular flexibility index (Phi) is 4.99. The van der Waals surface area contributed by atoms with Crippen molar-refractivity contribution in [3.05, 3.63) is 41.2 Å². The molecule has 0 unspecified atom stereocenters. The summed E-state index contributed by atoms with van der Waals surface area (Å²) in [6.07, 6.45) is 4.16. The molecule has 3 aromatic heterocycles. The van der Waals surface area contributed by atoms with Crippen LogP contribution in [0, 0.1) is 12.8 Å². The summed E-state index contributed by atoms with van der Waals surface area (Å²) >= 11 is 6.47. The van der Waals surface area contributed by atoms with Crippen LogP contribution in [0.3, 0.4) is 0 Å². The highest BCUT2D eigenvalue weighted by Gasteiger charge is 2.36.